The summed E-state index contributed by atoms with van der Waals surface area (Å²) >= 11 is 0. The van der Waals surface area contributed by atoms with Crippen molar-refractivity contribution < 1.29 is 9.13 Å². The first-order valence-corrected chi connectivity index (χ1v) is 7.52. The zero-order chi connectivity index (χ0) is 15.8. The van der Waals surface area contributed by atoms with Crippen LogP contribution in [0.25, 0.3) is 16.9 Å². The van der Waals surface area contributed by atoms with Gasteiger partial charge in [0.2, 0.25) is 0 Å². The number of hydrogen-bond acceptors (Lipinski definition) is 3. The zero-order valence-corrected chi connectivity index (χ0v) is 12.7. The van der Waals surface area contributed by atoms with Crippen LogP contribution in [0.1, 0.15) is 5.56 Å². The van der Waals surface area contributed by atoms with Crippen LogP contribution in [0.5, 0.6) is 5.75 Å². The molecule has 0 amide bonds. The van der Waals surface area contributed by atoms with Gasteiger partial charge in [0.15, 0.2) is 0 Å². The Balaban J connectivity index is 1.82. The lowest BCUT2D eigenvalue weighted by Crippen LogP contribution is -2.04. The Morgan fingerprint density at radius 3 is 2.52 bits per heavy atom. The van der Waals surface area contributed by atoms with Gasteiger partial charge in [0, 0.05) is 17.7 Å². The molecule has 0 atom stereocenters. The highest BCUT2D eigenvalue weighted by Gasteiger charge is 2.23. The molecular weight excluding hydrogens is 293 g/mol. The Morgan fingerprint density at radius 1 is 1.09 bits per heavy atom. The molecule has 1 aliphatic heterocycles. The first kappa shape index (κ1) is 13.8. The fourth-order valence-corrected chi connectivity index (χ4v) is 2.92. The predicted octanol–water partition coefficient (Wildman–Crippen LogP) is 3.66. The van der Waals surface area contributed by atoms with Gasteiger partial charge in [-0.25, -0.2) is 9.07 Å². The number of halogens is 1. The van der Waals surface area contributed by atoms with E-state index in [1.807, 2.05) is 28.9 Å². The number of benzene rings is 2. The summed E-state index contributed by atoms with van der Waals surface area (Å²) in [5, 5.41) is 8.14. The third kappa shape index (κ3) is 2.34. The first-order valence-electron chi connectivity index (χ1n) is 7.52. The molecular formula is C18H16FN3O. The molecule has 0 saturated carbocycles. The van der Waals surface area contributed by atoms with Crippen molar-refractivity contribution in [1.29, 1.82) is 0 Å². The van der Waals surface area contributed by atoms with Gasteiger partial charge in [-0.1, -0.05) is 0 Å². The van der Waals surface area contributed by atoms with Crippen LogP contribution >= 0.6 is 0 Å². The second kappa shape index (κ2) is 5.43. The molecule has 0 bridgehead atoms. The Morgan fingerprint density at radius 2 is 1.83 bits per heavy atom. The molecule has 2 heterocycles. The van der Waals surface area contributed by atoms with Gasteiger partial charge >= 0.3 is 0 Å². The summed E-state index contributed by atoms with van der Waals surface area (Å²) in [6.45, 7) is 0.886. The van der Waals surface area contributed by atoms with Crippen molar-refractivity contribution >= 4 is 5.82 Å². The molecule has 1 aliphatic rings. The molecule has 2 aromatic carbocycles. The monoisotopic (exact) mass is 309 g/mol. The lowest BCUT2D eigenvalue weighted by molar-refractivity contribution is 0.414. The molecule has 0 aliphatic carbocycles. The lowest BCUT2D eigenvalue weighted by Gasteiger charge is -2.07. The van der Waals surface area contributed by atoms with Crippen LogP contribution in [0.4, 0.5) is 10.2 Å². The zero-order valence-electron chi connectivity index (χ0n) is 12.7. The molecule has 5 heteroatoms. The molecule has 116 valence electrons. The van der Waals surface area contributed by atoms with Crippen molar-refractivity contribution in [2.24, 2.45) is 0 Å². The molecule has 0 radical (unpaired) electrons. The van der Waals surface area contributed by atoms with Crippen molar-refractivity contribution in [2.75, 3.05) is 19.0 Å². The van der Waals surface area contributed by atoms with Crippen LogP contribution in [0.3, 0.4) is 0 Å². The minimum absolute atomic E-state index is 0.238. The van der Waals surface area contributed by atoms with E-state index in [1.54, 1.807) is 19.2 Å². The maximum absolute atomic E-state index is 13.2. The number of fused-ring (bicyclic) bond motifs is 1. The summed E-state index contributed by atoms with van der Waals surface area (Å²) in [4.78, 5) is 0. The molecule has 0 fully saturated rings. The molecule has 4 nitrogen and oxygen atoms in total. The van der Waals surface area contributed by atoms with E-state index >= 15 is 0 Å². The lowest BCUT2D eigenvalue weighted by atomic mass is 10.1. The van der Waals surface area contributed by atoms with E-state index < -0.39 is 0 Å². The summed E-state index contributed by atoms with van der Waals surface area (Å²) in [7, 11) is 1.65. The topological polar surface area (TPSA) is 39.1 Å². The molecule has 0 saturated heterocycles. The Hall–Kier alpha value is -2.82. The molecule has 0 unspecified atom stereocenters. The molecule has 1 aromatic heterocycles. The number of aromatic nitrogens is 2. The van der Waals surface area contributed by atoms with Crippen molar-refractivity contribution in [3.63, 3.8) is 0 Å². The Labute approximate surface area is 133 Å². The van der Waals surface area contributed by atoms with Crippen LogP contribution in [0.15, 0.2) is 48.5 Å². The third-order valence-electron chi connectivity index (χ3n) is 4.09. The summed E-state index contributed by atoms with van der Waals surface area (Å²) in [5.74, 6) is 1.58. The fourth-order valence-electron chi connectivity index (χ4n) is 2.92. The molecule has 0 spiro atoms. The van der Waals surface area contributed by atoms with Crippen LogP contribution in [0, 0.1) is 5.82 Å². The molecule has 1 N–H and O–H groups in total. The summed E-state index contributed by atoms with van der Waals surface area (Å²) < 4.78 is 20.3. The van der Waals surface area contributed by atoms with Crippen molar-refractivity contribution in [2.45, 2.75) is 6.42 Å². The highest BCUT2D eigenvalue weighted by molar-refractivity contribution is 5.72. The van der Waals surface area contributed by atoms with Gasteiger partial charge in [-0.3, -0.25) is 0 Å². The number of hydrogen-bond donors (Lipinski definition) is 1. The smallest absolute Gasteiger partial charge is 0.133 e. The Kier molecular flexibility index (Phi) is 3.26. The average molecular weight is 309 g/mol. The standard InChI is InChI=1S/C18H16FN3O/c1-23-15-8-6-14(7-9-15)22-18-16(10-11-20-18)17(21-22)12-2-4-13(19)5-3-12/h2-9,20H,10-11H2,1H3. The van der Waals surface area contributed by atoms with Crippen LogP contribution < -0.4 is 10.1 Å². The minimum Gasteiger partial charge on any atom is -0.497 e. The number of nitrogens with zero attached hydrogens (tertiary/aromatic N) is 2. The number of anilines is 1. The van der Waals surface area contributed by atoms with Crippen molar-refractivity contribution in [1.82, 2.24) is 9.78 Å². The van der Waals surface area contributed by atoms with E-state index in [-0.39, 0.29) is 5.82 Å². The highest BCUT2D eigenvalue weighted by atomic mass is 19.1. The number of ether oxygens (including phenoxy) is 1. The predicted molar refractivity (Wildman–Crippen MR) is 87.7 cm³/mol. The van der Waals surface area contributed by atoms with Crippen molar-refractivity contribution in [3.05, 3.63) is 59.9 Å². The van der Waals surface area contributed by atoms with Crippen molar-refractivity contribution in [3.8, 4) is 22.7 Å². The Bertz CT molecular complexity index is 838. The second-order valence-electron chi connectivity index (χ2n) is 5.47. The van der Waals surface area contributed by atoms with Gasteiger partial charge in [0.05, 0.1) is 18.5 Å². The number of nitrogens with one attached hydrogen (secondary N) is 1. The van der Waals surface area contributed by atoms with E-state index in [0.29, 0.717) is 0 Å². The van der Waals surface area contributed by atoms with Gasteiger partial charge < -0.3 is 10.1 Å². The van der Waals surface area contributed by atoms with Gasteiger partial charge in [0.25, 0.3) is 0 Å². The van der Waals surface area contributed by atoms with Gasteiger partial charge in [-0.2, -0.15) is 5.10 Å². The first-order chi connectivity index (χ1) is 11.3. The average Bonchev–Trinajstić information content (AvgIpc) is 3.18. The van der Waals surface area contributed by atoms with E-state index in [0.717, 1.165) is 41.5 Å². The quantitative estimate of drug-likeness (QED) is 0.802. The summed E-state index contributed by atoms with van der Waals surface area (Å²) in [6, 6.07) is 14.3. The highest BCUT2D eigenvalue weighted by Crippen LogP contribution is 2.34. The van der Waals surface area contributed by atoms with E-state index in [2.05, 4.69) is 5.32 Å². The van der Waals surface area contributed by atoms with Gasteiger partial charge in [-0.15, -0.1) is 0 Å². The summed E-state index contributed by atoms with van der Waals surface area (Å²) in [6.07, 6.45) is 0.915. The molecule has 3 aromatic rings. The third-order valence-corrected chi connectivity index (χ3v) is 4.09. The van der Waals surface area contributed by atoms with E-state index in [4.69, 9.17) is 9.84 Å². The maximum atomic E-state index is 13.2. The summed E-state index contributed by atoms with van der Waals surface area (Å²) in [5.41, 5.74) is 3.97. The second-order valence-corrected chi connectivity index (χ2v) is 5.47. The van der Waals surface area contributed by atoms with Gasteiger partial charge in [-0.05, 0) is 55.0 Å². The number of rotatable bonds is 3. The molecule has 23 heavy (non-hydrogen) atoms. The largest absolute Gasteiger partial charge is 0.497 e. The van der Waals surface area contributed by atoms with Crippen LogP contribution in [-0.2, 0) is 6.42 Å². The van der Waals surface area contributed by atoms with E-state index in [9.17, 15) is 4.39 Å². The fraction of sp³-hybridized carbons (Fsp3) is 0.167. The minimum atomic E-state index is -0.238. The SMILES string of the molecule is COc1ccc(-n2nc(-c3ccc(F)cc3)c3c2NCC3)cc1. The number of methoxy groups -OCH3 is 1. The van der Waals surface area contributed by atoms with Crippen LogP contribution in [0.2, 0.25) is 0 Å². The normalized spacial score (nSPS) is 12.8. The maximum Gasteiger partial charge on any atom is 0.133 e. The van der Waals surface area contributed by atoms with E-state index in [1.165, 1.54) is 17.7 Å². The van der Waals surface area contributed by atoms with Gasteiger partial charge in [0.1, 0.15) is 17.4 Å². The van der Waals surface area contributed by atoms with Crippen LogP contribution in [-0.4, -0.2) is 23.4 Å². The molecule has 4 rings (SSSR count).